The van der Waals surface area contributed by atoms with Gasteiger partial charge in [0.1, 0.15) is 6.04 Å². The highest BCUT2D eigenvalue weighted by atomic mass is 16.4. The number of carbonyl (C=O) groups excluding carboxylic acids is 1. The molecule has 0 aliphatic carbocycles. The molecule has 6 nitrogen and oxygen atoms in total. The van der Waals surface area contributed by atoms with E-state index in [-0.39, 0.29) is 6.54 Å². The van der Waals surface area contributed by atoms with Crippen molar-refractivity contribution in [1.29, 1.82) is 5.26 Å². The molecule has 1 unspecified atom stereocenters. The first kappa shape index (κ1) is 16.5. The van der Waals surface area contributed by atoms with E-state index in [1.165, 1.54) is 0 Å². The van der Waals surface area contributed by atoms with E-state index in [1.54, 1.807) is 45.0 Å². The number of carboxylic acids is 1. The lowest BCUT2D eigenvalue weighted by molar-refractivity contribution is -0.141. The maximum absolute atomic E-state index is 11.8. The molecule has 0 aromatic heterocycles. The summed E-state index contributed by atoms with van der Waals surface area (Å²) in [7, 11) is 0. The first-order valence-electron chi connectivity index (χ1n) is 6.50. The number of carbonyl (C=O) groups is 2. The fraction of sp³-hybridized carbons (Fsp3) is 0.400. The molecule has 0 aliphatic rings. The molecular formula is C15H19N3O3. The number of rotatable bonds is 4. The van der Waals surface area contributed by atoms with E-state index in [0.29, 0.717) is 5.56 Å². The van der Waals surface area contributed by atoms with Gasteiger partial charge in [0.2, 0.25) is 0 Å². The summed E-state index contributed by atoms with van der Waals surface area (Å²) in [6.45, 7) is 5.44. The minimum Gasteiger partial charge on any atom is -0.480 e. The molecule has 112 valence electrons. The molecule has 0 heterocycles. The zero-order valence-corrected chi connectivity index (χ0v) is 12.3. The molecule has 1 aromatic carbocycles. The highest BCUT2D eigenvalue weighted by Crippen LogP contribution is 2.19. The second-order valence-corrected chi connectivity index (χ2v) is 5.78. The number of aliphatic carboxylic acids is 1. The van der Waals surface area contributed by atoms with Gasteiger partial charge in [0.15, 0.2) is 0 Å². The van der Waals surface area contributed by atoms with Gasteiger partial charge in [0.05, 0.1) is 11.6 Å². The fourth-order valence-electron chi connectivity index (χ4n) is 1.76. The van der Waals surface area contributed by atoms with Crippen molar-refractivity contribution in [3.63, 3.8) is 0 Å². The predicted molar refractivity (Wildman–Crippen MR) is 77.4 cm³/mol. The van der Waals surface area contributed by atoms with Gasteiger partial charge < -0.3 is 15.7 Å². The fourth-order valence-corrected chi connectivity index (χ4v) is 1.76. The lowest BCUT2D eigenvalue weighted by Gasteiger charge is -2.27. The van der Waals surface area contributed by atoms with Crippen LogP contribution in [0.15, 0.2) is 24.3 Å². The Morgan fingerprint density at radius 3 is 2.57 bits per heavy atom. The Morgan fingerprint density at radius 1 is 1.38 bits per heavy atom. The SMILES string of the molecule is CC(C)(C)C(NC(=O)NCc1cccc(C#N)c1)C(=O)O. The van der Waals surface area contributed by atoms with E-state index in [1.807, 2.05) is 6.07 Å². The molecule has 2 amide bonds. The van der Waals surface area contributed by atoms with E-state index in [4.69, 9.17) is 10.4 Å². The van der Waals surface area contributed by atoms with Crippen LogP contribution in [0.25, 0.3) is 0 Å². The van der Waals surface area contributed by atoms with Crippen molar-refractivity contribution < 1.29 is 14.7 Å². The van der Waals surface area contributed by atoms with Gasteiger partial charge in [-0.2, -0.15) is 5.26 Å². The molecule has 0 bridgehead atoms. The molecule has 6 heteroatoms. The number of hydrogen-bond donors (Lipinski definition) is 3. The monoisotopic (exact) mass is 289 g/mol. The maximum Gasteiger partial charge on any atom is 0.326 e. The van der Waals surface area contributed by atoms with Crippen LogP contribution in [0, 0.1) is 16.7 Å². The number of nitriles is 1. The van der Waals surface area contributed by atoms with Crippen molar-refractivity contribution in [1.82, 2.24) is 10.6 Å². The number of nitrogens with one attached hydrogen (secondary N) is 2. The van der Waals surface area contributed by atoms with Crippen molar-refractivity contribution in [2.45, 2.75) is 33.4 Å². The normalized spacial score (nSPS) is 12.1. The Morgan fingerprint density at radius 2 is 2.05 bits per heavy atom. The molecular weight excluding hydrogens is 270 g/mol. The quantitative estimate of drug-likeness (QED) is 0.787. The van der Waals surface area contributed by atoms with Crippen LogP contribution >= 0.6 is 0 Å². The summed E-state index contributed by atoms with van der Waals surface area (Å²) in [6.07, 6.45) is 0. The first-order valence-corrected chi connectivity index (χ1v) is 6.50. The molecule has 0 spiro atoms. The van der Waals surface area contributed by atoms with Crippen molar-refractivity contribution in [3.8, 4) is 6.07 Å². The van der Waals surface area contributed by atoms with E-state index < -0.39 is 23.5 Å². The van der Waals surface area contributed by atoms with Gasteiger partial charge in [-0.15, -0.1) is 0 Å². The molecule has 0 aliphatic heterocycles. The summed E-state index contributed by atoms with van der Waals surface area (Å²) in [6, 6.07) is 7.31. The van der Waals surface area contributed by atoms with Gasteiger partial charge in [0, 0.05) is 6.54 Å². The molecule has 0 saturated heterocycles. The van der Waals surface area contributed by atoms with Crippen molar-refractivity contribution >= 4 is 12.0 Å². The van der Waals surface area contributed by atoms with E-state index in [0.717, 1.165) is 5.56 Å². The second-order valence-electron chi connectivity index (χ2n) is 5.78. The Hall–Kier alpha value is -2.55. The topological polar surface area (TPSA) is 102 Å². The molecule has 21 heavy (non-hydrogen) atoms. The Labute approximate surface area is 123 Å². The number of hydrogen-bond acceptors (Lipinski definition) is 3. The van der Waals surface area contributed by atoms with Gasteiger partial charge in [-0.1, -0.05) is 32.9 Å². The van der Waals surface area contributed by atoms with Crippen molar-refractivity contribution in [2.24, 2.45) is 5.41 Å². The molecule has 0 fully saturated rings. The maximum atomic E-state index is 11.8. The summed E-state index contributed by atoms with van der Waals surface area (Å²) in [5.74, 6) is -1.08. The van der Waals surface area contributed by atoms with Crippen LogP contribution in [0.5, 0.6) is 0 Å². The van der Waals surface area contributed by atoms with Gasteiger partial charge in [0.25, 0.3) is 0 Å². The summed E-state index contributed by atoms with van der Waals surface area (Å²) in [5.41, 5.74) is 0.684. The molecule has 3 N–H and O–H groups in total. The van der Waals surface area contributed by atoms with Crippen LogP contribution in [-0.4, -0.2) is 23.1 Å². The highest BCUT2D eigenvalue weighted by Gasteiger charge is 2.32. The van der Waals surface area contributed by atoms with Gasteiger partial charge in [-0.3, -0.25) is 0 Å². The van der Waals surface area contributed by atoms with Gasteiger partial charge in [-0.05, 0) is 23.1 Å². The van der Waals surface area contributed by atoms with Gasteiger partial charge in [-0.25, -0.2) is 9.59 Å². The van der Waals surface area contributed by atoms with Gasteiger partial charge >= 0.3 is 12.0 Å². The molecule has 0 radical (unpaired) electrons. The summed E-state index contributed by atoms with van der Waals surface area (Å²) >= 11 is 0. The van der Waals surface area contributed by atoms with Crippen molar-refractivity contribution in [2.75, 3.05) is 0 Å². The largest absolute Gasteiger partial charge is 0.480 e. The standard InChI is InChI=1S/C15H19N3O3/c1-15(2,3)12(13(19)20)18-14(21)17-9-11-6-4-5-10(7-11)8-16/h4-7,12H,9H2,1-3H3,(H,19,20)(H2,17,18,21). The smallest absolute Gasteiger partial charge is 0.326 e. The molecule has 1 aromatic rings. The van der Waals surface area contributed by atoms with E-state index in [2.05, 4.69) is 10.6 Å². The third-order valence-corrected chi connectivity index (χ3v) is 2.90. The number of amides is 2. The lowest BCUT2D eigenvalue weighted by Crippen LogP contribution is -2.52. The predicted octanol–water partition coefficient (Wildman–Crippen LogP) is 1.86. The highest BCUT2D eigenvalue weighted by molar-refractivity contribution is 5.83. The Kier molecular flexibility index (Phi) is 5.30. The first-order chi connectivity index (χ1) is 9.74. The number of urea groups is 1. The van der Waals surface area contributed by atoms with Crippen molar-refractivity contribution in [3.05, 3.63) is 35.4 Å². The summed E-state index contributed by atoms with van der Waals surface area (Å²) < 4.78 is 0. The van der Waals surface area contributed by atoms with Crippen LogP contribution in [0.2, 0.25) is 0 Å². The second kappa shape index (κ2) is 6.75. The minimum absolute atomic E-state index is 0.220. The number of carboxylic acid groups (broad SMARTS) is 1. The van der Waals surface area contributed by atoms with Crippen LogP contribution < -0.4 is 10.6 Å². The Balaban J connectivity index is 2.61. The third kappa shape index (κ3) is 5.15. The third-order valence-electron chi connectivity index (χ3n) is 2.90. The van der Waals surface area contributed by atoms with E-state index in [9.17, 15) is 9.59 Å². The Bertz CT molecular complexity index is 570. The average Bonchev–Trinajstić information content (AvgIpc) is 2.41. The molecule has 1 atom stereocenters. The zero-order chi connectivity index (χ0) is 16.0. The number of benzene rings is 1. The molecule has 0 saturated carbocycles. The lowest BCUT2D eigenvalue weighted by atomic mass is 9.87. The van der Waals surface area contributed by atoms with Crippen LogP contribution in [0.1, 0.15) is 31.9 Å². The zero-order valence-electron chi connectivity index (χ0n) is 12.3. The molecule has 1 rings (SSSR count). The van der Waals surface area contributed by atoms with Crippen LogP contribution in [0.3, 0.4) is 0 Å². The van der Waals surface area contributed by atoms with E-state index >= 15 is 0 Å². The number of nitrogens with zero attached hydrogens (tertiary/aromatic N) is 1. The van der Waals surface area contributed by atoms with Crippen LogP contribution in [-0.2, 0) is 11.3 Å². The minimum atomic E-state index is -1.08. The summed E-state index contributed by atoms with van der Waals surface area (Å²) in [5, 5.41) is 23.0. The summed E-state index contributed by atoms with van der Waals surface area (Å²) in [4.78, 5) is 22.9. The average molecular weight is 289 g/mol. The van der Waals surface area contributed by atoms with Crippen LogP contribution in [0.4, 0.5) is 4.79 Å².